The lowest BCUT2D eigenvalue weighted by molar-refractivity contribution is -0.135. The number of rotatable bonds is 4. The highest BCUT2D eigenvalue weighted by atomic mass is 16.2. The molecule has 1 fully saturated rings. The lowest BCUT2D eigenvalue weighted by Gasteiger charge is -2.27. The molecule has 2 aromatic heterocycles. The van der Waals surface area contributed by atoms with Crippen LogP contribution in [0, 0.1) is 0 Å². The summed E-state index contributed by atoms with van der Waals surface area (Å²) in [5.74, 6) is 0.164. The third kappa shape index (κ3) is 2.45. The van der Waals surface area contributed by atoms with Crippen LogP contribution in [0.3, 0.4) is 0 Å². The van der Waals surface area contributed by atoms with Gasteiger partial charge in [0.25, 0.3) is 0 Å². The van der Waals surface area contributed by atoms with Gasteiger partial charge >= 0.3 is 0 Å². The van der Waals surface area contributed by atoms with E-state index in [1.807, 2.05) is 39.5 Å². The molecule has 6 nitrogen and oxygen atoms in total. The minimum absolute atomic E-state index is 0.164. The van der Waals surface area contributed by atoms with E-state index in [1.165, 1.54) is 0 Å². The van der Waals surface area contributed by atoms with Gasteiger partial charge in [0.05, 0.1) is 18.9 Å². The van der Waals surface area contributed by atoms with E-state index in [0.717, 1.165) is 25.9 Å². The molecule has 0 unspecified atom stereocenters. The molecule has 0 bridgehead atoms. The van der Waals surface area contributed by atoms with Crippen LogP contribution in [0.1, 0.15) is 25.8 Å². The average Bonchev–Trinajstić information content (AvgIpc) is 3.20. The van der Waals surface area contributed by atoms with Crippen LogP contribution in [-0.2, 0) is 11.3 Å². The summed E-state index contributed by atoms with van der Waals surface area (Å²) in [6, 6.07) is 1.96. The maximum Gasteiger partial charge on any atom is 0.245 e. The molecule has 20 heavy (non-hydrogen) atoms. The van der Waals surface area contributed by atoms with E-state index >= 15 is 0 Å². The van der Waals surface area contributed by atoms with E-state index in [1.54, 1.807) is 18.7 Å². The van der Waals surface area contributed by atoms with Crippen LogP contribution < -0.4 is 0 Å². The number of nitrogens with zero attached hydrogens (tertiary/aromatic N) is 5. The van der Waals surface area contributed by atoms with Crippen molar-refractivity contribution in [1.82, 2.24) is 24.2 Å². The van der Waals surface area contributed by atoms with E-state index in [0.29, 0.717) is 0 Å². The lowest BCUT2D eigenvalue weighted by atomic mass is 10.2. The quantitative estimate of drug-likeness (QED) is 0.844. The van der Waals surface area contributed by atoms with Gasteiger partial charge in [0.1, 0.15) is 6.04 Å². The third-order valence-corrected chi connectivity index (χ3v) is 3.95. The Morgan fingerprint density at radius 1 is 1.40 bits per heavy atom. The predicted molar refractivity (Wildman–Crippen MR) is 73.9 cm³/mol. The average molecular weight is 273 g/mol. The van der Waals surface area contributed by atoms with Crippen molar-refractivity contribution in [2.75, 3.05) is 6.54 Å². The molecule has 0 saturated carbocycles. The number of likely N-dealkylation sites (tertiary alicyclic amines) is 1. The van der Waals surface area contributed by atoms with Gasteiger partial charge in [-0.2, -0.15) is 5.10 Å². The summed E-state index contributed by atoms with van der Waals surface area (Å²) in [4.78, 5) is 18.6. The summed E-state index contributed by atoms with van der Waals surface area (Å²) >= 11 is 0. The molecular formula is C14H19N5O. The Balaban J connectivity index is 1.70. The first-order chi connectivity index (χ1) is 9.75. The Morgan fingerprint density at radius 3 is 3.00 bits per heavy atom. The molecule has 106 valence electrons. The topological polar surface area (TPSA) is 56.0 Å². The van der Waals surface area contributed by atoms with Crippen LogP contribution in [0.15, 0.2) is 37.2 Å². The molecule has 0 N–H and O–H groups in total. The number of hydrogen-bond donors (Lipinski definition) is 0. The van der Waals surface area contributed by atoms with E-state index in [2.05, 4.69) is 10.1 Å². The van der Waals surface area contributed by atoms with E-state index in [4.69, 9.17) is 0 Å². The first-order valence-corrected chi connectivity index (χ1v) is 7.01. The molecule has 0 aliphatic carbocycles. The number of imidazole rings is 1. The fourth-order valence-electron chi connectivity index (χ4n) is 2.81. The molecule has 0 radical (unpaired) electrons. The van der Waals surface area contributed by atoms with Gasteiger partial charge in [0.2, 0.25) is 5.91 Å². The standard InChI is InChI=1S/C14H19N5O/c1-12(17-9-6-15-11-17)14(20)19-8-2-4-13(19)10-18-7-3-5-16-18/h3,5-7,9,11-13H,2,4,8,10H2,1H3/t12-,13-/m0/s1. The molecule has 0 spiro atoms. The Labute approximate surface area is 118 Å². The van der Waals surface area contributed by atoms with Crippen LogP contribution in [0.2, 0.25) is 0 Å². The highest BCUT2D eigenvalue weighted by molar-refractivity contribution is 5.80. The van der Waals surface area contributed by atoms with Gasteiger partial charge in [-0.3, -0.25) is 9.48 Å². The van der Waals surface area contributed by atoms with Gasteiger partial charge in [0, 0.05) is 31.3 Å². The molecule has 1 amide bonds. The first-order valence-electron chi connectivity index (χ1n) is 7.01. The van der Waals surface area contributed by atoms with Gasteiger partial charge in [-0.05, 0) is 25.8 Å². The number of aromatic nitrogens is 4. The predicted octanol–water partition coefficient (Wildman–Crippen LogP) is 1.33. The van der Waals surface area contributed by atoms with Gasteiger partial charge in [-0.1, -0.05) is 0 Å². The van der Waals surface area contributed by atoms with Gasteiger partial charge in [0.15, 0.2) is 0 Å². The highest BCUT2D eigenvalue weighted by Crippen LogP contribution is 2.22. The largest absolute Gasteiger partial charge is 0.336 e. The molecule has 6 heteroatoms. The summed E-state index contributed by atoms with van der Waals surface area (Å²) in [6.07, 6.45) is 11.1. The Morgan fingerprint density at radius 2 is 2.30 bits per heavy atom. The molecule has 1 aliphatic heterocycles. The SMILES string of the molecule is C[C@@H](C(=O)N1CCC[C@H]1Cn1cccn1)n1ccnc1. The monoisotopic (exact) mass is 273 g/mol. The summed E-state index contributed by atoms with van der Waals surface area (Å²) < 4.78 is 3.75. The summed E-state index contributed by atoms with van der Waals surface area (Å²) in [7, 11) is 0. The van der Waals surface area contributed by atoms with Crippen LogP contribution in [0.25, 0.3) is 0 Å². The Kier molecular flexibility index (Phi) is 3.54. The molecular weight excluding hydrogens is 254 g/mol. The van der Waals surface area contributed by atoms with Gasteiger partial charge in [-0.25, -0.2) is 4.98 Å². The number of carbonyl (C=O) groups excluding carboxylic acids is 1. The maximum absolute atomic E-state index is 12.6. The van der Waals surface area contributed by atoms with Gasteiger partial charge < -0.3 is 9.47 Å². The summed E-state index contributed by atoms with van der Waals surface area (Å²) in [5, 5.41) is 4.23. The van der Waals surface area contributed by atoms with Crippen molar-refractivity contribution in [1.29, 1.82) is 0 Å². The fraction of sp³-hybridized carbons (Fsp3) is 0.500. The minimum atomic E-state index is -0.198. The summed E-state index contributed by atoms with van der Waals surface area (Å²) in [5.41, 5.74) is 0. The zero-order chi connectivity index (χ0) is 13.9. The smallest absolute Gasteiger partial charge is 0.245 e. The lowest BCUT2D eigenvalue weighted by Crippen LogP contribution is -2.41. The van der Waals surface area contributed by atoms with Crippen molar-refractivity contribution in [3.8, 4) is 0 Å². The van der Waals surface area contributed by atoms with Crippen molar-refractivity contribution in [2.45, 2.75) is 38.4 Å². The molecule has 3 heterocycles. The number of hydrogen-bond acceptors (Lipinski definition) is 3. The van der Waals surface area contributed by atoms with E-state index in [-0.39, 0.29) is 18.0 Å². The zero-order valence-corrected chi connectivity index (χ0v) is 11.6. The second-order valence-corrected chi connectivity index (χ2v) is 5.24. The van der Waals surface area contributed by atoms with Crippen molar-refractivity contribution in [3.63, 3.8) is 0 Å². The molecule has 2 atom stereocenters. The second-order valence-electron chi connectivity index (χ2n) is 5.24. The second kappa shape index (κ2) is 5.48. The Hall–Kier alpha value is -2.11. The van der Waals surface area contributed by atoms with Crippen molar-refractivity contribution >= 4 is 5.91 Å². The number of amides is 1. The van der Waals surface area contributed by atoms with Crippen molar-refractivity contribution in [3.05, 3.63) is 37.2 Å². The molecule has 1 aliphatic rings. The normalized spacial score (nSPS) is 20.2. The minimum Gasteiger partial charge on any atom is -0.336 e. The van der Waals surface area contributed by atoms with Crippen molar-refractivity contribution < 1.29 is 4.79 Å². The third-order valence-electron chi connectivity index (χ3n) is 3.95. The van der Waals surface area contributed by atoms with Gasteiger partial charge in [-0.15, -0.1) is 0 Å². The first kappa shape index (κ1) is 12.9. The maximum atomic E-state index is 12.6. The molecule has 2 aromatic rings. The van der Waals surface area contributed by atoms with E-state index in [9.17, 15) is 4.79 Å². The zero-order valence-electron chi connectivity index (χ0n) is 11.6. The van der Waals surface area contributed by atoms with Crippen LogP contribution >= 0.6 is 0 Å². The van der Waals surface area contributed by atoms with E-state index < -0.39 is 0 Å². The molecule has 3 rings (SSSR count). The summed E-state index contributed by atoms with van der Waals surface area (Å²) in [6.45, 7) is 3.53. The fourth-order valence-corrected chi connectivity index (χ4v) is 2.81. The Bertz CT molecular complexity index is 548. The number of carbonyl (C=O) groups is 1. The molecule has 0 aromatic carbocycles. The van der Waals surface area contributed by atoms with Crippen molar-refractivity contribution in [2.24, 2.45) is 0 Å². The highest BCUT2D eigenvalue weighted by Gasteiger charge is 2.32. The van der Waals surface area contributed by atoms with Crippen LogP contribution in [0.4, 0.5) is 0 Å². The molecule has 1 saturated heterocycles. The van der Waals surface area contributed by atoms with Crippen LogP contribution in [-0.4, -0.2) is 42.7 Å². The van der Waals surface area contributed by atoms with Crippen LogP contribution in [0.5, 0.6) is 0 Å².